The van der Waals surface area contributed by atoms with Crippen molar-refractivity contribution < 1.29 is 34.7 Å². The van der Waals surface area contributed by atoms with Gasteiger partial charge in [0.1, 0.15) is 6.10 Å². The van der Waals surface area contributed by atoms with Crippen LogP contribution in [0.1, 0.15) is 91.9 Å². The fourth-order valence-electron chi connectivity index (χ4n) is 8.84. The molecule has 0 aromatic carbocycles. The fraction of sp³-hybridized carbons (Fsp3) is 0.962. The Labute approximate surface area is 197 Å². The average molecular weight is 469 g/mol. The minimum atomic E-state index is -2.07. The van der Waals surface area contributed by atoms with Crippen molar-refractivity contribution in [3.05, 3.63) is 0 Å². The van der Waals surface area contributed by atoms with Crippen LogP contribution in [0.2, 0.25) is 0 Å². The summed E-state index contributed by atoms with van der Waals surface area (Å²) in [7, 11) is 0. The molecule has 9 atom stereocenters. The topological polar surface area (TPSA) is 116 Å². The third kappa shape index (κ3) is 4.16. The molecule has 4 aliphatic rings. The molecule has 33 heavy (non-hydrogen) atoms. The number of fused-ring (bicyclic) bond motifs is 3. The van der Waals surface area contributed by atoms with Crippen molar-refractivity contribution in [3.8, 4) is 0 Å². The standard InChI is InChI=1S/C26H44O7/c1-16(28)17(14-27)32-21(20(29)30)33-22(31)25(4)9-5-8-24(3)18(25)7-11-26-13-12-23(2,15-26)10-6-19(24)26/h16-21,27-30H,5-15H2,1-4H3/t16?,17?,18?,19?,21?,23-,24-,25-,26+/m1/s1. The Bertz CT molecular complexity index is 740. The summed E-state index contributed by atoms with van der Waals surface area (Å²) in [6.45, 7) is 7.74. The number of aliphatic hydroxyl groups excluding tert-OH is 3. The lowest BCUT2D eigenvalue weighted by atomic mass is 9.40. The van der Waals surface area contributed by atoms with Gasteiger partial charge in [-0.25, -0.2) is 0 Å². The molecule has 0 heterocycles. The second kappa shape index (κ2) is 8.74. The Hall–Kier alpha value is -0.730. The molecule has 0 aliphatic heterocycles. The van der Waals surface area contributed by atoms with Crippen molar-refractivity contribution in [2.24, 2.45) is 33.5 Å². The highest BCUT2D eigenvalue weighted by atomic mass is 16.7. The van der Waals surface area contributed by atoms with Crippen molar-refractivity contribution in [2.75, 3.05) is 6.61 Å². The third-order valence-corrected chi connectivity index (χ3v) is 10.4. The molecule has 7 heteroatoms. The van der Waals surface area contributed by atoms with Gasteiger partial charge >= 0.3 is 5.97 Å². The van der Waals surface area contributed by atoms with Crippen molar-refractivity contribution in [2.45, 2.75) is 117 Å². The highest BCUT2D eigenvalue weighted by Gasteiger charge is 2.66. The van der Waals surface area contributed by atoms with E-state index in [0.717, 1.165) is 25.7 Å². The molecule has 4 saturated carbocycles. The summed E-state index contributed by atoms with van der Waals surface area (Å²) < 4.78 is 10.9. The van der Waals surface area contributed by atoms with Gasteiger partial charge in [0.25, 0.3) is 6.29 Å². The molecule has 0 aromatic rings. The SMILES string of the molecule is CC(O)C(CO)OC(OC(=O)[C@]1(C)CCC[C@@]2(C)C3CC[C@]4(C)CC[C@@]3(CCC21)C4)C(O)O. The summed E-state index contributed by atoms with van der Waals surface area (Å²) >= 11 is 0. The van der Waals surface area contributed by atoms with Crippen LogP contribution in [0.4, 0.5) is 0 Å². The van der Waals surface area contributed by atoms with Crippen molar-refractivity contribution >= 4 is 5.97 Å². The molecule has 7 nitrogen and oxygen atoms in total. The van der Waals surface area contributed by atoms with E-state index in [1.54, 1.807) is 0 Å². The zero-order chi connectivity index (χ0) is 24.2. The molecule has 5 unspecified atom stereocenters. The highest BCUT2D eigenvalue weighted by Crippen LogP contribution is 2.73. The molecule has 0 amide bonds. The maximum Gasteiger partial charge on any atom is 0.314 e. The van der Waals surface area contributed by atoms with Gasteiger partial charge < -0.3 is 29.9 Å². The minimum Gasteiger partial charge on any atom is -0.430 e. The predicted octanol–water partition coefficient (Wildman–Crippen LogP) is 3.12. The van der Waals surface area contributed by atoms with Crippen LogP contribution in [-0.2, 0) is 14.3 Å². The first kappa shape index (κ1) is 25.4. The molecule has 4 rings (SSSR count). The van der Waals surface area contributed by atoms with Gasteiger partial charge in [0.2, 0.25) is 6.29 Å². The number of esters is 1. The molecule has 2 bridgehead atoms. The lowest BCUT2D eigenvalue weighted by Crippen LogP contribution is -2.59. The van der Waals surface area contributed by atoms with Gasteiger partial charge in [0.15, 0.2) is 0 Å². The van der Waals surface area contributed by atoms with Crippen LogP contribution >= 0.6 is 0 Å². The van der Waals surface area contributed by atoms with E-state index >= 15 is 0 Å². The summed E-state index contributed by atoms with van der Waals surface area (Å²) in [6.07, 6.45) is 5.55. The predicted molar refractivity (Wildman–Crippen MR) is 122 cm³/mol. The van der Waals surface area contributed by atoms with E-state index in [-0.39, 0.29) is 11.3 Å². The zero-order valence-electron chi connectivity index (χ0n) is 20.8. The molecule has 4 N–H and O–H groups in total. The van der Waals surface area contributed by atoms with Gasteiger partial charge in [-0.2, -0.15) is 0 Å². The van der Waals surface area contributed by atoms with Crippen LogP contribution in [0, 0.1) is 33.5 Å². The maximum atomic E-state index is 13.6. The molecule has 4 aliphatic carbocycles. The van der Waals surface area contributed by atoms with Crippen LogP contribution in [0.3, 0.4) is 0 Å². The van der Waals surface area contributed by atoms with E-state index in [9.17, 15) is 25.2 Å². The van der Waals surface area contributed by atoms with Crippen molar-refractivity contribution in [1.29, 1.82) is 0 Å². The second-order valence-corrected chi connectivity index (χ2v) is 12.6. The lowest BCUT2D eigenvalue weighted by Gasteiger charge is -2.64. The molecule has 0 aromatic heterocycles. The van der Waals surface area contributed by atoms with Crippen LogP contribution in [0.5, 0.6) is 0 Å². The first-order valence-electron chi connectivity index (χ1n) is 12.9. The number of carbonyl (C=O) groups excluding carboxylic acids is 1. The number of aliphatic hydroxyl groups is 4. The third-order valence-electron chi connectivity index (χ3n) is 10.4. The Morgan fingerprint density at radius 3 is 2.30 bits per heavy atom. The van der Waals surface area contributed by atoms with Crippen LogP contribution in [-0.4, -0.2) is 57.8 Å². The maximum absolute atomic E-state index is 13.6. The smallest absolute Gasteiger partial charge is 0.314 e. The molecule has 4 fully saturated rings. The number of hydrogen-bond acceptors (Lipinski definition) is 7. The summed E-state index contributed by atoms with van der Waals surface area (Å²) in [5.74, 6) is 0.326. The summed E-state index contributed by atoms with van der Waals surface area (Å²) in [6, 6.07) is 0. The quantitative estimate of drug-likeness (QED) is 0.335. The van der Waals surface area contributed by atoms with Gasteiger partial charge in [-0.05, 0) is 99.7 Å². The highest BCUT2D eigenvalue weighted by molar-refractivity contribution is 5.77. The van der Waals surface area contributed by atoms with E-state index in [1.807, 2.05) is 6.92 Å². The van der Waals surface area contributed by atoms with E-state index in [0.29, 0.717) is 23.2 Å². The molecular weight excluding hydrogens is 424 g/mol. The van der Waals surface area contributed by atoms with Gasteiger partial charge in [0.05, 0.1) is 18.1 Å². The molecule has 1 spiro atoms. The Morgan fingerprint density at radius 2 is 1.67 bits per heavy atom. The van der Waals surface area contributed by atoms with Crippen LogP contribution < -0.4 is 0 Å². The second-order valence-electron chi connectivity index (χ2n) is 12.6. The first-order valence-corrected chi connectivity index (χ1v) is 12.9. The van der Waals surface area contributed by atoms with Crippen molar-refractivity contribution in [3.63, 3.8) is 0 Å². The molecule has 0 radical (unpaired) electrons. The largest absolute Gasteiger partial charge is 0.430 e. The average Bonchev–Trinajstić information content (AvgIpc) is 2.98. The Kier molecular flexibility index (Phi) is 6.71. The van der Waals surface area contributed by atoms with Crippen molar-refractivity contribution in [1.82, 2.24) is 0 Å². The Balaban J connectivity index is 1.55. The number of ether oxygens (including phenoxy) is 2. The monoisotopic (exact) mass is 468 g/mol. The zero-order valence-corrected chi connectivity index (χ0v) is 20.8. The molecule has 190 valence electrons. The normalized spacial score (nSPS) is 45.1. The van der Waals surface area contributed by atoms with E-state index in [1.165, 1.54) is 39.0 Å². The number of rotatable bonds is 7. The van der Waals surface area contributed by atoms with Crippen LogP contribution in [0.15, 0.2) is 0 Å². The Morgan fingerprint density at radius 1 is 0.970 bits per heavy atom. The lowest BCUT2D eigenvalue weighted by molar-refractivity contribution is -0.280. The van der Waals surface area contributed by atoms with E-state index in [4.69, 9.17) is 9.47 Å². The number of carbonyl (C=O) groups is 1. The molecule has 0 saturated heterocycles. The minimum absolute atomic E-state index is 0.0668. The summed E-state index contributed by atoms with van der Waals surface area (Å²) in [5.41, 5.74) is 0.242. The van der Waals surface area contributed by atoms with Gasteiger partial charge in [-0.1, -0.05) is 20.3 Å². The molecular formula is C26H44O7. The number of hydrogen-bond donors (Lipinski definition) is 4. The first-order chi connectivity index (χ1) is 15.4. The van der Waals surface area contributed by atoms with Crippen LogP contribution in [0.25, 0.3) is 0 Å². The van der Waals surface area contributed by atoms with E-state index in [2.05, 4.69) is 13.8 Å². The van der Waals surface area contributed by atoms with Gasteiger partial charge in [-0.15, -0.1) is 0 Å². The summed E-state index contributed by atoms with van der Waals surface area (Å²) in [5, 5.41) is 38.8. The summed E-state index contributed by atoms with van der Waals surface area (Å²) in [4.78, 5) is 13.6. The fourth-order valence-corrected chi connectivity index (χ4v) is 8.84. The van der Waals surface area contributed by atoms with E-state index < -0.39 is 42.8 Å². The van der Waals surface area contributed by atoms with Gasteiger partial charge in [-0.3, -0.25) is 4.79 Å². The van der Waals surface area contributed by atoms with Gasteiger partial charge in [0, 0.05) is 0 Å².